The van der Waals surface area contributed by atoms with Gasteiger partial charge in [0.2, 0.25) is 0 Å². The van der Waals surface area contributed by atoms with E-state index in [0.29, 0.717) is 25.1 Å². The first-order chi connectivity index (χ1) is 16.0. The van der Waals surface area contributed by atoms with Crippen LogP contribution in [0.1, 0.15) is 52.4 Å². The van der Waals surface area contributed by atoms with Crippen molar-refractivity contribution in [1.29, 1.82) is 0 Å². The van der Waals surface area contributed by atoms with Crippen molar-refractivity contribution in [3.05, 3.63) is 94.5 Å². The van der Waals surface area contributed by atoms with Gasteiger partial charge in [-0.25, -0.2) is 4.79 Å². The maximum atomic E-state index is 12.5. The quantitative estimate of drug-likeness (QED) is 0.478. The van der Waals surface area contributed by atoms with Gasteiger partial charge in [0.15, 0.2) is 5.78 Å². The van der Waals surface area contributed by atoms with E-state index in [-0.39, 0.29) is 24.2 Å². The molecule has 0 fully saturated rings. The van der Waals surface area contributed by atoms with Crippen molar-refractivity contribution in [3.8, 4) is 11.1 Å². The molecule has 170 valence electrons. The second kappa shape index (κ2) is 10.0. The summed E-state index contributed by atoms with van der Waals surface area (Å²) in [6, 6.07) is 22.2. The highest BCUT2D eigenvalue weighted by atomic mass is 16.5. The maximum absolute atomic E-state index is 12.5. The van der Waals surface area contributed by atoms with Crippen molar-refractivity contribution in [2.45, 2.75) is 32.7 Å². The number of nitrogens with two attached hydrogens (primary N) is 1. The van der Waals surface area contributed by atoms with Gasteiger partial charge in [0, 0.05) is 23.9 Å². The number of carbonyl (C=O) groups is 2. The molecule has 5 heteroatoms. The summed E-state index contributed by atoms with van der Waals surface area (Å²) in [5.41, 5.74) is 13.0. The van der Waals surface area contributed by atoms with Crippen LogP contribution in [-0.4, -0.2) is 25.0 Å². The molecule has 0 atom stereocenters. The zero-order valence-corrected chi connectivity index (χ0v) is 19.1. The number of hydrogen-bond acceptors (Lipinski definition) is 4. The SMILES string of the molecule is CC(C)C(=O)c1ccc(CNC(=O)OCC2c3ccccc3-c3ccccc32)cc1CCN. The molecular weight excluding hydrogens is 412 g/mol. The number of ketones is 1. The molecule has 1 aliphatic rings. The van der Waals surface area contributed by atoms with Crippen LogP contribution in [0, 0.1) is 5.92 Å². The van der Waals surface area contributed by atoms with Crippen LogP contribution >= 0.6 is 0 Å². The van der Waals surface area contributed by atoms with Crippen molar-refractivity contribution in [1.82, 2.24) is 5.32 Å². The molecule has 0 aromatic heterocycles. The second-order valence-electron chi connectivity index (χ2n) is 8.73. The molecule has 0 unspecified atom stereocenters. The van der Waals surface area contributed by atoms with E-state index in [1.54, 1.807) is 0 Å². The maximum Gasteiger partial charge on any atom is 0.407 e. The van der Waals surface area contributed by atoms with E-state index in [2.05, 4.69) is 29.6 Å². The van der Waals surface area contributed by atoms with E-state index in [4.69, 9.17) is 10.5 Å². The predicted molar refractivity (Wildman–Crippen MR) is 130 cm³/mol. The van der Waals surface area contributed by atoms with Gasteiger partial charge >= 0.3 is 6.09 Å². The smallest absolute Gasteiger partial charge is 0.407 e. The summed E-state index contributed by atoms with van der Waals surface area (Å²) in [6.45, 7) is 4.84. The van der Waals surface area contributed by atoms with Gasteiger partial charge in [-0.05, 0) is 46.3 Å². The van der Waals surface area contributed by atoms with Crippen LogP contribution in [0.15, 0.2) is 66.7 Å². The number of fused-ring (bicyclic) bond motifs is 3. The van der Waals surface area contributed by atoms with Gasteiger partial charge in [0.25, 0.3) is 0 Å². The van der Waals surface area contributed by atoms with Crippen molar-refractivity contribution in [3.63, 3.8) is 0 Å². The largest absolute Gasteiger partial charge is 0.449 e. The number of hydrogen-bond donors (Lipinski definition) is 2. The number of ether oxygens (including phenoxy) is 1. The molecule has 0 heterocycles. The van der Waals surface area contributed by atoms with E-state index in [0.717, 1.165) is 11.1 Å². The summed E-state index contributed by atoms with van der Waals surface area (Å²) in [7, 11) is 0. The number of Topliss-reactive ketones (excluding diaryl/α,β-unsaturated/α-hetero) is 1. The Bertz CT molecular complexity index is 1120. The lowest BCUT2D eigenvalue weighted by Crippen LogP contribution is -2.26. The summed E-state index contributed by atoms with van der Waals surface area (Å²) in [5, 5.41) is 2.83. The number of benzene rings is 3. The lowest BCUT2D eigenvalue weighted by atomic mass is 9.93. The van der Waals surface area contributed by atoms with Crippen molar-refractivity contribution in [2.24, 2.45) is 11.7 Å². The zero-order chi connectivity index (χ0) is 23.4. The molecule has 1 amide bonds. The average Bonchev–Trinajstić information content (AvgIpc) is 3.15. The standard InChI is InChI=1S/C28H30N2O3/c1-18(2)27(31)21-12-11-19(15-20(21)13-14-29)16-30-28(32)33-17-26-24-9-5-3-7-22(24)23-8-4-6-10-25(23)26/h3-12,15,18,26H,13-14,16-17,29H2,1-2H3,(H,30,32). The van der Waals surface area contributed by atoms with Crippen molar-refractivity contribution >= 4 is 11.9 Å². The van der Waals surface area contributed by atoms with Crippen LogP contribution in [0.25, 0.3) is 11.1 Å². The summed E-state index contributed by atoms with van der Waals surface area (Å²) in [4.78, 5) is 24.9. The van der Waals surface area contributed by atoms with E-state index in [9.17, 15) is 9.59 Å². The average molecular weight is 443 g/mol. The Hall–Kier alpha value is -3.44. The number of amides is 1. The summed E-state index contributed by atoms with van der Waals surface area (Å²) in [5.74, 6) is 0.0569. The Balaban J connectivity index is 1.39. The minimum atomic E-state index is -0.459. The van der Waals surface area contributed by atoms with Crippen LogP contribution in [-0.2, 0) is 17.7 Å². The Morgan fingerprint density at radius 2 is 1.61 bits per heavy atom. The molecule has 0 spiro atoms. The number of alkyl carbamates (subject to hydrolysis) is 1. The lowest BCUT2D eigenvalue weighted by Gasteiger charge is -2.15. The fourth-order valence-corrected chi connectivity index (χ4v) is 4.49. The van der Waals surface area contributed by atoms with Crippen LogP contribution in [0.3, 0.4) is 0 Å². The highest BCUT2D eigenvalue weighted by molar-refractivity contribution is 5.98. The summed E-state index contributed by atoms with van der Waals surface area (Å²) < 4.78 is 5.61. The lowest BCUT2D eigenvalue weighted by molar-refractivity contribution is 0.0938. The third-order valence-corrected chi connectivity index (χ3v) is 6.15. The molecular formula is C28H30N2O3. The monoisotopic (exact) mass is 442 g/mol. The van der Waals surface area contributed by atoms with Crippen LogP contribution in [0.5, 0.6) is 0 Å². The third kappa shape index (κ3) is 4.83. The highest BCUT2D eigenvalue weighted by Crippen LogP contribution is 2.44. The first-order valence-corrected chi connectivity index (χ1v) is 11.4. The van der Waals surface area contributed by atoms with Gasteiger partial charge < -0.3 is 15.8 Å². The predicted octanol–water partition coefficient (Wildman–Crippen LogP) is 5.07. The molecule has 33 heavy (non-hydrogen) atoms. The molecule has 0 radical (unpaired) electrons. The Morgan fingerprint density at radius 1 is 0.970 bits per heavy atom. The van der Waals surface area contributed by atoms with Crippen molar-refractivity contribution in [2.75, 3.05) is 13.2 Å². The van der Waals surface area contributed by atoms with E-state index < -0.39 is 6.09 Å². The number of rotatable bonds is 8. The van der Waals surface area contributed by atoms with Gasteiger partial charge in [0.1, 0.15) is 6.61 Å². The van der Waals surface area contributed by atoms with E-state index >= 15 is 0 Å². The van der Waals surface area contributed by atoms with Gasteiger partial charge in [-0.15, -0.1) is 0 Å². The number of nitrogens with one attached hydrogen (secondary N) is 1. The molecule has 0 aliphatic heterocycles. The zero-order valence-electron chi connectivity index (χ0n) is 19.1. The summed E-state index contributed by atoms with van der Waals surface area (Å²) in [6.07, 6.45) is 0.159. The van der Waals surface area contributed by atoms with Gasteiger partial charge in [-0.3, -0.25) is 4.79 Å². The second-order valence-corrected chi connectivity index (χ2v) is 8.73. The molecule has 4 rings (SSSR count). The number of carbonyl (C=O) groups excluding carboxylic acids is 2. The topological polar surface area (TPSA) is 81.4 Å². The van der Waals surface area contributed by atoms with Crippen LogP contribution < -0.4 is 11.1 Å². The normalized spacial score (nSPS) is 12.4. The fourth-order valence-electron chi connectivity index (χ4n) is 4.49. The first-order valence-electron chi connectivity index (χ1n) is 11.4. The first kappa shape index (κ1) is 22.7. The molecule has 1 aliphatic carbocycles. The van der Waals surface area contributed by atoms with Gasteiger partial charge in [-0.1, -0.05) is 80.6 Å². The Morgan fingerprint density at radius 3 is 2.21 bits per heavy atom. The fraction of sp³-hybridized carbons (Fsp3) is 0.286. The Kier molecular flexibility index (Phi) is 6.90. The third-order valence-electron chi connectivity index (χ3n) is 6.15. The van der Waals surface area contributed by atoms with E-state index in [1.807, 2.05) is 56.3 Å². The minimum absolute atomic E-state index is 0.0284. The molecule has 0 saturated heterocycles. The van der Waals surface area contributed by atoms with Crippen molar-refractivity contribution < 1.29 is 14.3 Å². The Labute approximate surface area is 195 Å². The molecule has 5 nitrogen and oxygen atoms in total. The summed E-state index contributed by atoms with van der Waals surface area (Å²) >= 11 is 0. The van der Waals surface area contributed by atoms with E-state index in [1.165, 1.54) is 22.3 Å². The molecule has 0 saturated carbocycles. The minimum Gasteiger partial charge on any atom is -0.449 e. The molecule has 3 N–H and O–H groups in total. The highest BCUT2D eigenvalue weighted by Gasteiger charge is 2.29. The molecule has 3 aromatic rings. The van der Waals surface area contributed by atoms with Gasteiger partial charge in [-0.2, -0.15) is 0 Å². The molecule has 0 bridgehead atoms. The van der Waals surface area contributed by atoms with Crippen LogP contribution in [0.2, 0.25) is 0 Å². The van der Waals surface area contributed by atoms with Gasteiger partial charge in [0.05, 0.1) is 0 Å². The molecule has 3 aromatic carbocycles. The van der Waals surface area contributed by atoms with Crippen LogP contribution in [0.4, 0.5) is 4.79 Å².